The predicted molar refractivity (Wildman–Crippen MR) is 24.3 cm³/mol. The Labute approximate surface area is 41.4 Å². The molecule has 0 spiro atoms. The quantitative estimate of drug-likeness (QED) is 0.501. The van der Waals surface area contributed by atoms with Gasteiger partial charge in [-0.15, -0.1) is 0 Å². The molecule has 1 heterocycles. The molecule has 1 aromatic heterocycles. The van der Waals surface area contributed by atoms with E-state index in [0.717, 1.165) is 0 Å². The summed E-state index contributed by atoms with van der Waals surface area (Å²) in [6.07, 6.45) is 1.60. The molecule has 0 aliphatic heterocycles. The molecule has 1 radical (unpaired) electrons. The maximum Gasteiger partial charge on any atom is 0.118 e. The lowest BCUT2D eigenvalue weighted by Gasteiger charge is -1.66. The van der Waals surface area contributed by atoms with E-state index in [1.165, 1.54) is 0 Å². The van der Waals surface area contributed by atoms with Gasteiger partial charge < -0.3 is 4.98 Å². The molecule has 7 heavy (non-hydrogen) atoms. The van der Waals surface area contributed by atoms with Crippen LogP contribution in [0.5, 0.6) is 0 Å². The molecule has 1 N–H and O–H groups in total. The third-order valence-corrected chi connectivity index (χ3v) is 0.659. The van der Waals surface area contributed by atoms with Crippen molar-refractivity contribution in [2.45, 2.75) is 0 Å². The van der Waals surface area contributed by atoms with Crippen LogP contribution in [-0.4, -0.2) is 4.98 Å². The molecule has 2 nitrogen and oxygen atoms in total. The fourth-order valence-electron chi connectivity index (χ4n) is 0.351. The van der Waals surface area contributed by atoms with Crippen molar-refractivity contribution in [1.82, 2.24) is 4.98 Å². The highest BCUT2D eigenvalue weighted by Gasteiger charge is 1.81. The summed E-state index contributed by atoms with van der Waals surface area (Å²) in [4.78, 5) is 2.67. The smallest absolute Gasteiger partial charge is 0.118 e. The van der Waals surface area contributed by atoms with Crippen molar-refractivity contribution in [3.8, 4) is 6.07 Å². The van der Waals surface area contributed by atoms with E-state index in [-0.39, 0.29) is 0 Å². The second-order valence-electron chi connectivity index (χ2n) is 1.13. The van der Waals surface area contributed by atoms with E-state index in [1.54, 1.807) is 12.3 Å². The van der Waals surface area contributed by atoms with Gasteiger partial charge >= 0.3 is 0 Å². The van der Waals surface area contributed by atoms with Crippen LogP contribution in [0.2, 0.25) is 0 Å². The summed E-state index contributed by atoms with van der Waals surface area (Å²) in [5.41, 5.74) is 0.556. The fraction of sp³-hybridized carbons (Fsp3) is 0. The minimum Gasteiger partial charge on any atom is -0.352 e. The maximum atomic E-state index is 8.13. The summed E-state index contributed by atoms with van der Waals surface area (Å²) < 4.78 is 0. The van der Waals surface area contributed by atoms with E-state index in [1.807, 2.05) is 6.07 Å². The van der Waals surface area contributed by atoms with Crippen molar-refractivity contribution in [2.75, 3.05) is 0 Å². The first kappa shape index (κ1) is 3.94. The Kier molecular flexibility index (Phi) is 0.833. The molecular weight excluding hydrogens is 88.1 g/mol. The molecule has 0 aromatic carbocycles. The summed E-state index contributed by atoms with van der Waals surface area (Å²) >= 11 is 0. The molecular formula is C5H3N2. The van der Waals surface area contributed by atoms with E-state index in [2.05, 4.69) is 11.1 Å². The van der Waals surface area contributed by atoms with E-state index in [4.69, 9.17) is 5.26 Å². The first-order chi connectivity index (χ1) is 3.43. The van der Waals surface area contributed by atoms with Crippen LogP contribution in [0.25, 0.3) is 0 Å². The minimum absolute atomic E-state index is 0.556. The highest BCUT2D eigenvalue weighted by atomic mass is 14.7. The molecule has 0 atom stereocenters. The van der Waals surface area contributed by atoms with Gasteiger partial charge in [0.15, 0.2) is 0 Å². The third kappa shape index (κ3) is 0.606. The van der Waals surface area contributed by atoms with Gasteiger partial charge in [-0.1, -0.05) is 0 Å². The molecule has 33 valence electrons. The Morgan fingerprint density at radius 1 is 1.86 bits per heavy atom. The third-order valence-electron chi connectivity index (χ3n) is 0.659. The molecule has 1 rings (SSSR count). The second-order valence-corrected chi connectivity index (χ2v) is 1.13. The first-order valence-corrected chi connectivity index (χ1v) is 1.88. The molecule has 0 amide bonds. The molecule has 0 saturated carbocycles. The Balaban J connectivity index is 3.04. The van der Waals surface area contributed by atoms with Gasteiger partial charge in [0.1, 0.15) is 11.8 Å². The molecule has 0 saturated heterocycles. The number of rotatable bonds is 0. The summed E-state index contributed by atoms with van der Waals surface area (Å²) in [7, 11) is 0. The van der Waals surface area contributed by atoms with Crippen molar-refractivity contribution in [2.24, 2.45) is 0 Å². The number of hydrogen-bond donors (Lipinski definition) is 1. The fourth-order valence-corrected chi connectivity index (χ4v) is 0.351. The van der Waals surface area contributed by atoms with Crippen molar-refractivity contribution in [1.29, 1.82) is 5.26 Å². The molecule has 0 aliphatic carbocycles. The van der Waals surface area contributed by atoms with Crippen LogP contribution in [0.15, 0.2) is 12.3 Å². The Morgan fingerprint density at radius 2 is 2.71 bits per heavy atom. The van der Waals surface area contributed by atoms with Crippen LogP contribution in [0.4, 0.5) is 0 Å². The van der Waals surface area contributed by atoms with Crippen LogP contribution in [0, 0.1) is 17.4 Å². The van der Waals surface area contributed by atoms with Gasteiger partial charge in [-0.2, -0.15) is 5.26 Å². The summed E-state index contributed by atoms with van der Waals surface area (Å²) in [6.45, 7) is 0. The van der Waals surface area contributed by atoms with Gasteiger partial charge in [0, 0.05) is 12.3 Å². The lowest BCUT2D eigenvalue weighted by Crippen LogP contribution is -1.64. The maximum absolute atomic E-state index is 8.13. The highest BCUT2D eigenvalue weighted by Crippen LogP contribution is 1.86. The van der Waals surface area contributed by atoms with Crippen LogP contribution in [0.1, 0.15) is 5.69 Å². The van der Waals surface area contributed by atoms with Crippen molar-refractivity contribution in [3.05, 3.63) is 24.0 Å². The number of aromatic amines is 1. The van der Waals surface area contributed by atoms with Crippen LogP contribution >= 0.6 is 0 Å². The number of nitrogens with zero attached hydrogens (tertiary/aromatic N) is 1. The first-order valence-electron chi connectivity index (χ1n) is 1.88. The predicted octanol–water partition coefficient (Wildman–Crippen LogP) is 0.687. The second kappa shape index (κ2) is 1.48. The van der Waals surface area contributed by atoms with Gasteiger partial charge in [-0.3, -0.25) is 0 Å². The molecule has 0 unspecified atom stereocenters. The lowest BCUT2D eigenvalue weighted by molar-refractivity contribution is 1.33. The number of nitrogens with one attached hydrogen (secondary N) is 1. The normalized spacial score (nSPS) is 7.86. The standard InChI is InChI=1S/C5H3N2/c6-4-5-2-1-3-7-5/h2-3,7H. The molecule has 0 fully saturated rings. The number of aromatic nitrogens is 1. The zero-order chi connectivity index (χ0) is 5.11. The topological polar surface area (TPSA) is 39.6 Å². The molecule has 2 heteroatoms. The van der Waals surface area contributed by atoms with Crippen molar-refractivity contribution >= 4 is 0 Å². The van der Waals surface area contributed by atoms with Crippen molar-refractivity contribution in [3.63, 3.8) is 0 Å². The Bertz CT molecular complexity index is 168. The van der Waals surface area contributed by atoms with Crippen LogP contribution in [-0.2, 0) is 0 Å². The van der Waals surface area contributed by atoms with Gasteiger partial charge in [0.2, 0.25) is 0 Å². The van der Waals surface area contributed by atoms with E-state index in [0.29, 0.717) is 5.69 Å². The van der Waals surface area contributed by atoms with Crippen molar-refractivity contribution < 1.29 is 0 Å². The van der Waals surface area contributed by atoms with Gasteiger partial charge in [-0.05, 0) is 6.07 Å². The summed E-state index contributed by atoms with van der Waals surface area (Å²) in [6, 6.07) is 6.22. The molecule has 0 aliphatic rings. The average Bonchev–Trinajstić information content (AvgIpc) is 2.14. The van der Waals surface area contributed by atoms with E-state index >= 15 is 0 Å². The number of hydrogen-bond acceptors (Lipinski definition) is 1. The number of nitriles is 1. The largest absolute Gasteiger partial charge is 0.352 e. The minimum atomic E-state index is 0.556. The van der Waals surface area contributed by atoms with Crippen LogP contribution < -0.4 is 0 Å². The highest BCUT2D eigenvalue weighted by molar-refractivity contribution is 5.18. The lowest BCUT2D eigenvalue weighted by atomic mass is 10.5. The van der Waals surface area contributed by atoms with Gasteiger partial charge in [0.25, 0.3) is 0 Å². The average molecular weight is 91.1 g/mol. The van der Waals surface area contributed by atoms with E-state index in [9.17, 15) is 0 Å². The Hall–Kier alpha value is -1.23. The van der Waals surface area contributed by atoms with Gasteiger partial charge in [-0.25, -0.2) is 0 Å². The monoisotopic (exact) mass is 91.0 g/mol. The van der Waals surface area contributed by atoms with Crippen LogP contribution in [0.3, 0.4) is 0 Å². The SMILES string of the molecule is N#Cc1c[c]c[nH]1. The molecule has 1 aromatic rings. The zero-order valence-electron chi connectivity index (χ0n) is 3.60. The van der Waals surface area contributed by atoms with Gasteiger partial charge in [0.05, 0.1) is 0 Å². The summed E-state index contributed by atoms with van der Waals surface area (Å²) in [5, 5.41) is 8.13. The molecule has 0 bridgehead atoms. The summed E-state index contributed by atoms with van der Waals surface area (Å²) in [5.74, 6) is 0. The Morgan fingerprint density at radius 3 is 3.00 bits per heavy atom. The zero-order valence-corrected chi connectivity index (χ0v) is 3.60. The number of H-pyrrole nitrogens is 1. The van der Waals surface area contributed by atoms with E-state index < -0.39 is 0 Å².